The van der Waals surface area contributed by atoms with Crippen LogP contribution in [0.3, 0.4) is 0 Å². The molecule has 0 fully saturated rings. The minimum absolute atomic E-state index is 0.532. The van der Waals surface area contributed by atoms with Crippen molar-refractivity contribution in [3.63, 3.8) is 0 Å². The maximum Gasteiger partial charge on any atom is 0.328 e. The number of aliphatic carboxylic acids is 1. The molecule has 0 aromatic carbocycles. The predicted molar refractivity (Wildman–Crippen MR) is 40.3 cm³/mol. The van der Waals surface area contributed by atoms with Crippen molar-refractivity contribution in [1.29, 1.82) is 0 Å². The minimum atomic E-state index is -0.920. The Hall–Kier alpha value is -1.09. The Labute approximate surface area is 65.0 Å². The van der Waals surface area contributed by atoms with Crippen molar-refractivity contribution >= 4 is 5.97 Å². The van der Waals surface area contributed by atoms with Crippen molar-refractivity contribution in [2.45, 2.75) is 6.42 Å². The van der Waals surface area contributed by atoms with Gasteiger partial charge in [0, 0.05) is 6.08 Å². The summed E-state index contributed by atoms with van der Waals surface area (Å²) in [7, 11) is 0. The van der Waals surface area contributed by atoms with Gasteiger partial charge in [-0.15, -0.1) is 0 Å². The van der Waals surface area contributed by atoms with E-state index in [1.807, 2.05) is 6.08 Å². The first kappa shape index (κ1) is 8.01. The van der Waals surface area contributed by atoms with Gasteiger partial charge in [-0.3, -0.25) is 0 Å². The average Bonchev–Trinajstić information content (AvgIpc) is 2.03. The third-order valence-electron chi connectivity index (χ3n) is 1.38. The molecule has 0 amide bonds. The molecular weight excluding hydrogens is 144 g/mol. The molecule has 0 unspecified atom stereocenters. The van der Waals surface area contributed by atoms with Crippen LogP contribution < -0.4 is 0 Å². The summed E-state index contributed by atoms with van der Waals surface area (Å²) in [5.41, 5.74) is 0.943. The summed E-state index contributed by atoms with van der Waals surface area (Å²) in [5.74, 6) is -0.920. The highest BCUT2D eigenvalue weighted by Gasteiger charge is 1.99. The van der Waals surface area contributed by atoms with Gasteiger partial charge in [0.2, 0.25) is 0 Å². The maximum absolute atomic E-state index is 10.1. The highest BCUT2D eigenvalue weighted by atomic mass is 16.5. The quantitative estimate of drug-likeness (QED) is 0.603. The number of hydrogen-bond acceptors (Lipinski definition) is 2. The lowest BCUT2D eigenvalue weighted by Gasteiger charge is -2.08. The number of carboxylic acids is 1. The van der Waals surface area contributed by atoms with E-state index < -0.39 is 5.97 Å². The molecule has 0 atom stereocenters. The topological polar surface area (TPSA) is 46.5 Å². The summed E-state index contributed by atoms with van der Waals surface area (Å²) in [6, 6.07) is 0. The zero-order valence-electron chi connectivity index (χ0n) is 6.12. The van der Waals surface area contributed by atoms with Crippen molar-refractivity contribution in [3.05, 3.63) is 23.8 Å². The first-order valence-electron chi connectivity index (χ1n) is 3.47. The Morgan fingerprint density at radius 2 is 2.55 bits per heavy atom. The molecule has 0 bridgehead atoms. The molecule has 0 spiro atoms. The number of rotatable bonds is 2. The van der Waals surface area contributed by atoms with Gasteiger partial charge in [-0.2, -0.15) is 0 Å². The molecule has 1 N–H and O–H groups in total. The van der Waals surface area contributed by atoms with Gasteiger partial charge in [0.25, 0.3) is 0 Å². The van der Waals surface area contributed by atoms with E-state index in [0.29, 0.717) is 6.61 Å². The first-order chi connectivity index (χ1) is 5.29. The van der Waals surface area contributed by atoms with Gasteiger partial charge in [-0.05, 0) is 18.1 Å². The Bertz CT molecular complexity index is 203. The number of ether oxygens (including phenoxy) is 1. The molecule has 1 rings (SSSR count). The van der Waals surface area contributed by atoms with Gasteiger partial charge in [-0.25, -0.2) is 4.79 Å². The summed E-state index contributed by atoms with van der Waals surface area (Å²) in [6.45, 7) is 1.27. The van der Waals surface area contributed by atoms with Crippen molar-refractivity contribution in [1.82, 2.24) is 0 Å². The van der Waals surface area contributed by atoms with Gasteiger partial charge in [0.1, 0.15) is 0 Å². The molecule has 0 radical (unpaired) electrons. The fraction of sp³-hybridized carbons (Fsp3) is 0.375. The van der Waals surface area contributed by atoms with Gasteiger partial charge in [-0.1, -0.05) is 6.08 Å². The lowest BCUT2D eigenvalue weighted by atomic mass is 10.2. The van der Waals surface area contributed by atoms with Crippen LogP contribution in [0.4, 0.5) is 0 Å². The van der Waals surface area contributed by atoms with Crippen LogP contribution in [0.1, 0.15) is 6.42 Å². The fourth-order valence-corrected chi connectivity index (χ4v) is 0.871. The average molecular weight is 154 g/mol. The second kappa shape index (κ2) is 3.93. The molecule has 1 heterocycles. The molecule has 60 valence electrons. The van der Waals surface area contributed by atoms with Crippen LogP contribution in [-0.4, -0.2) is 24.3 Å². The van der Waals surface area contributed by atoms with Gasteiger partial charge in [0.05, 0.1) is 13.2 Å². The van der Waals surface area contributed by atoms with E-state index in [2.05, 4.69) is 0 Å². The standard InChI is InChI=1S/C8H10O3/c9-8(10)4-3-7-2-1-5-11-6-7/h2-4H,1,5-6H2,(H,9,10)/b4-3+. The molecule has 1 aliphatic heterocycles. The number of carboxylic acid groups (broad SMARTS) is 1. The molecule has 3 nitrogen and oxygen atoms in total. The Balaban J connectivity index is 2.47. The molecule has 11 heavy (non-hydrogen) atoms. The lowest BCUT2D eigenvalue weighted by Crippen LogP contribution is -2.04. The Morgan fingerprint density at radius 3 is 3.09 bits per heavy atom. The summed E-state index contributed by atoms with van der Waals surface area (Å²) < 4.78 is 5.10. The van der Waals surface area contributed by atoms with Crippen molar-refractivity contribution in [2.75, 3.05) is 13.2 Å². The number of carbonyl (C=O) groups is 1. The second-order valence-electron chi connectivity index (χ2n) is 2.29. The summed E-state index contributed by atoms with van der Waals surface area (Å²) in [5, 5.41) is 8.29. The van der Waals surface area contributed by atoms with Gasteiger partial charge >= 0.3 is 5.97 Å². The van der Waals surface area contributed by atoms with E-state index in [1.54, 1.807) is 6.08 Å². The van der Waals surface area contributed by atoms with Gasteiger partial charge in [0.15, 0.2) is 0 Å². The van der Waals surface area contributed by atoms with Crippen molar-refractivity contribution < 1.29 is 14.6 Å². The number of hydrogen-bond donors (Lipinski definition) is 1. The van der Waals surface area contributed by atoms with Crippen LogP contribution in [0.2, 0.25) is 0 Å². The van der Waals surface area contributed by atoms with E-state index in [-0.39, 0.29) is 0 Å². The van der Waals surface area contributed by atoms with Crippen LogP contribution >= 0.6 is 0 Å². The van der Waals surface area contributed by atoms with E-state index in [0.717, 1.165) is 24.7 Å². The molecule has 1 aliphatic rings. The van der Waals surface area contributed by atoms with Crippen LogP contribution in [-0.2, 0) is 9.53 Å². The monoisotopic (exact) mass is 154 g/mol. The third kappa shape index (κ3) is 3.00. The normalized spacial score (nSPS) is 18.4. The molecule has 0 saturated heterocycles. The second-order valence-corrected chi connectivity index (χ2v) is 2.29. The van der Waals surface area contributed by atoms with E-state index >= 15 is 0 Å². The molecule has 0 aliphatic carbocycles. The largest absolute Gasteiger partial charge is 0.478 e. The SMILES string of the molecule is O=C(O)/C=C/C1=CCCOC1. The highest BCUT2D eigenvalue weighted by Crippen LogP contribution is 2.06. The molecule has 3 heteroatoms. The smallest absolute Gasteiger partial charge is 0.328 e. The van der Waals surface area contributed by atoms with Crippen LogP contribution in [0.25, 0.3) is 0 Å². The van der Waals surface area contributed by atoms with E-state index in [1.165, 1.54) is 0 Å². The van der Waals surface area contributed by atoms with E-state index in [4.69, 9.17) is 9.84 Å². The zero-order chi connectivity index (χ0) is 8.10. The summed E-state index contributed by atoms with van der Waals surface area (Å²) >= 11 is 0. The van der Waals surface area contributed by atoms with Gasteiger partial charge < -0.3 is 9.84 Å². The summed E-state index contributed by atoms with van der Waals surface area (Å²) in [4.78, 5) is 10.1. The van der Waals surface area contributed by atoms with Crippen LogP contribution in [0.5, 0.6) is 0 Å². The molecule has 0 saturated carbocycles. The van der Waals surface area contributed by atoms with Crippen molar-refractivity contribution in [2.24, 2.45) is 0 Å². The summed E-state index contributed by atoms with van der Waals surface area (Å²) in [6.07, 6.45) is 5.56. The minimum Gasteiger partial charge on any atom is -0.478 e. The lowest BCUT2D eigenvalue weighted by molar-refractivity contribution is -0.131. The van der Waals surface area contributed by atoms with E-state index in [9.17, 15) is 4.79 Å². The highest BCUT2D eigenvalue weighted by molar-refractivity contribution is 5.80. The Kier molecular flexibility index (Phi) is 2.86. The molecule has 0 aromatic heterocycles. The maximum atomic E-state index is 10.1. The first-order valence-corrected chi connectivity index (χ1v) is 3.47. The predicted octanol–water partition coefficient (Wildman–Crippen LogP) is 0.974. The fourth-order valence-electron chi connectivity index (χ4n) is 0.871. The molecule has 0 aromatic rings. The Morgan fingerprint density at radius 1 is 1.73 bits per heavy atom. The van der Waals surface area contributed by atoms with Crippen LogP contribution in [0.15, 0.2) is 23.8 Å². The van der Waals surface area contributed by atoms with Crippen molar-refractivity contribution in [3.8, 4) is 0 Å². The third-order valence-corrected chi connectivity index (χ3v) is 1.38. The van der Waals surface area contributed by atoms with Crippen LogP contribution in [0, 0.1) is 0 Å². The molecular formula is C8H10O3. The zero-order valence-corrected chi connectivity index (χ0v) is 6.12.